The van der Waals surface area contributed by atoms with Gasteiger partial charge < -0.3 is 10.6 Å². The summed E-state index contributed by atoms with van der Waals surface area (Å²) in [5.41, 5.74) is 1.96. The summed E-state index contributed by atoms with van der Waals surface area (Å²) in [7, 11) is 0. The molecule has 1 aromatic heterocycles. The van der Waals surface area contributed by atoms with Crippen LogP contribution in [0, 0.1) is 5.41 Å². The van der Waals surface area contributed by atoms with Gasteiger partial charge in [-0.3, -0.25) is 4.79 Å². The Hall–Kier alpha value is -1.63. The number of halogens is 2. The normalized spacial score (nSPS) is 19.2. The van der Waals surface area contributed by atoms with Crippen molar-refractivity contribution in [2.45, 2.75) is 26.4 Å². The molecule has 1 aromatic carbocycles. The van der Waals surface area contributed by atoms with E-state index in [4.69, 9.17) is 0 Å². The zero-order valence-corrected chi connectivity index (χ0v) is 15.2. The Morgan fingerprint density at radius 1 is 1.33 bits per heavy atom. The fourth-order valence-corrected chi connectivity index (χ4v) is 2.77. The van der Waals surface area contributed by atoms with Crippen LogP contribution in [0.3, 0.4) is 0 Å². The standard InChI is InChI=1S/C16H21N5O.2ClH/c1-16(6-7-17-10-16)15(22)19-8-13-4-2-3-5-14(13)9-21-12-18-11-20-21;;/h2-5,11-12,17H,6-10H2,1H3,(H,19,22);2*1H. The molecule has 2 heterocycles. The molecule has 6 nitrogen and oxygen atoms in total. The van der Waals surface area contributed by atoms with E-state index in [1.807, 2.05) is 25.1 Å². The molecule has 0 spiro atoms. The van der Waals surface area contributed by atoms with E-state index >= 15 is 0 Å². The molecule has 1 saturated heterocycles. The Kier molecular flexibility index (Phi) is 7.66. The molecular formula is C16H23Cl2N5O. The number of amides is 1. The molecule has 8 heteroatoms. The molecule has 0 saturated carbocycles. The number of carbonyl (C=O) groups excluding carboxylic acids is 1. The van der Waals surface area contributed by atoms with Crippen LogP contribution in [0.2, 0.25) is 0 Å². The Balaban J connectivity index is 0.00000144. The molecule has 3 rings (SSSR count). The van der Waals surface area contributed by atoms with Crippen molar-refractivity contribution in [3.63, 3.8) is 0 Å². The van der Waals surface area contributed by atoms with Crippen LogP contribution in [-0.4, -0.2) is 33.8 Å². The molecule has 1 unspecified atom stereocenters. The van der Waals surface area contributed by atoms with Crippen molar-refractivity contribution >= 4 is 30.7 Å². The van der Waals surface area contributed by atoms with E-state index in [0.717, 1.165) is 30.6 Å². The number of rotatable bonds is 5. The maximum absolute atomic E-state index is 12.4. The zero-order chi connectivity index (χ0) is 15.4. The Bertz CT molecular complexity index is 642. The highest BCUT2D eigenvalue weighted by Crippen LogP contribution is 2.24. The van der Waals surface area contributed by atoms with Crippen molar-refractivity contribution < 1.29 is 4.79 Å². The van der Waals surface area contributed by atoms with Crippen molar-refractivity contribution in [3.05, 3.63) is 48.0 Å². The fourth-order valence-electron chi connectivity index (χ4n) is 2.77. The van der Waals surface area contributed by atoms with Crippen molar-refractivity contribution in [1.29, 1.82) is 0 Å². The summed E-state index contributed by atoms with van der Waals surface area (Å²) in [5.74, 6) is 0.119. The van der Waals surface area contributed by atoms with Gasteiger partial charge in [-0.25, -0.2) is 9.67 Å². The second-order valence-corrected chi connectivity index (χ2v) is 6.03. The van der Waals surface area contributed by atoms with E-state index < -0.39 is 0 Å². The van der Waals surface area contributed by atoms with Gasteiger partial charge in [0.1, 0.15) is 12.7 Å². The molecule has 2 aromatic rings. The summed E-state index contributed by atoms with van der Waals surface area (Å²) in [6.07, 6.45) is 4.11. The fraction of sp³-hybridized carbons (Fsp3) is 0.438. The molecule has 1 aliphatic rings. The third kappa shape index (κ3) is 4.69. The summed E-state index contributed by atoms with van der Waals surface area (Å²) in [4.78, 5) is 16.3. The average Bonchev–Trinajstić information content (AvgIpc) is 3.18. The second-order valence-electron chi connectivity index (χ2n) is 6.03. The molecule has 1 fully saturated rings. The van der Waals surface area contributed by atoms with Gasteiger partial charge in [-0.1, -0.05) is 24.3 Å². The van der Waals surface area contributed by atoms with E-state index in [-0.39, 0.29) is 36.1 Å². The maximum atomic E-state index is 12.4. The lowest BCUT2D eigenvalue weighted by Crippen LogP contribution is -2.40. The number of hydrogen-bond acceptors (Lipinski definition) is 4. The lowest BCUT2D eigenvalue weighted by Gasteiger charge is -2.22. The highest BCUT2D eigenvalue weighted by atomic mass is 35.5. The van der Waals surface area contributed by atoms with Crippen LogP contribution in [0.25, 0.3) is 0 Å². The van der Waals surface area contributed by atoms with E-state index in [9.17, 15) is 4.79 Å². The summed E-state index contributed by atoms with van der Waals surface area (Å²) >= 11 is 0. The van der Waals surface area contributed by atoms with Crippen LogP contribution in [-0.2, 0) is 17.9 Å². The van der Waals surface area contributed by atoms with Gasteiger partial charge in [-0.2, -0.15) is 5.10 Å². The minimum absolute atomic E-state index is 0. The number of nitrogens with zero attached hydrogens (tertiary/aromatic N) is 3. The van der Waals surface area contributed by atoms with E-state index in [1.54, 1.807) is 11.0 Å². The van der Waals surface area contributed by atoms with Crippen LogP contribution in [0.4, 0.5) is 0 Å². The lowest BCUT2D eigenvalue weighted by molar-refractivity contribution is -0.129. The largest absolute Gasteiger partial charge is 0.351 e. The van der Waals surface area contributed by atoms with Crippen LogP contribution in [0.15, 0.2) is 36.9 Å². The number of hydrogen-bond donors (Lipinski definition) is 2. The highest BCUT2D eigenvalue weighted by molar-refractivity contribution is 5.85. The van der Waals surface area contributed by atoms with Crippen LogP contribution < -0.4 is 10.6 Å². The van der Waals surface area contributed by atoms with Gasteiger partial charge in [0.25, 0.3) is 0 Å². The molecule has 2 N–H and O–H groups in total. The molecule has 0 bridgehead atoms. The third-order valence-corrected chi connectivity index (χ3v) is 4.27. The van der Waals surface area contributed by atoms with Crippen LogP contribution >= 0.6 is 24.8 Å². The highest BCUT2D eigenvalue weighted by Gasteiger charge is 2.35. The first-order chi connectivity index (χ1) is 10.7. The van der Waals surface area contributed by atoms with Crippen molar-refractivity contribution in [2.24, 2.45) is 5.41 Å². The monoisotopic (exact) mass is 371 g/mol. The smallest absolute Gasteiger partial charge is 0.227 e. The average molecular weight is 372 g/mol. The van der Waals surface area contributed by atoms with Crippen LogP contribution in [0.5, 0.6) is 0 Å². The second kappa shape index (κ2) is 9.01. The third-order valence-electron chi connectivity index (χ3n) is 4.27. The van der Waals surface area contributed by atoms with Crippen molar-refractivity contribution in [1.82, 2.24) is 25.4 Å². The predicted octanol–water partition coefficient (Wildman–Crippen LogP) is 1.79. The van der Waals surface area contributed by atoms with Gasteiger partial charge in [-0.15, -0.1) is 24.8 Å². The lowest BCUT2D eigenvalue weighted by atomic mass is 9.88. The molecule has 1 atom stereocenters. The van der Waals surface area contributed by atoms with Crippen molar-refractivity contribution in [2.75, 3.05) is 13.1 Å². The molecule has 0 aliphatic carbocycles. The first kappa shape index (κ1) is 20.4. The number of carbonyl (C=O) groups is 1. The van der Waals surface area contributed by atoms with Crippen molar-refractivity contribution in [3.8, 4) is 0 Å². The minimum Gasteiger partial charge on any atom is -0.351 e. The number of benzene rings is 1. The molecular weight excluding hydrogens is 349 g/mol. The predicted molar refractivity (Wildman–Crippen MR) is 97.5 cm³/mol. The van der Waals surface area contributed by atoms with Crippen LogP contribution in [0.1, 0.15) is 24.5 Å². The first-order valence-electron chi connectivity index (χ1n) is 7.56. The van der Waals surface area contributed by atoms with Gasteiger partial charge in [0.2, 0.25) is 5.91 Å². The van der Waals surface area contributed by atoms with Gasteiger partial charge in [0, 0.05) is 13.1 Å². The summed E-state index contributed by atoms with van der Waals surface area (Å²) in [6, 6.07) is 8.09. The molecule has 1 amide bonds. The summed E-state index contributed by atoms with van der Waals surface area (Å²) in [6.45, 7) is 4.88. The quantitative estimate of drug-likeness (QED) is 0.840. The topological polar surface area (TPSA) is 71.8 Å². The van der Waals surface area contributed by atoms with Gasteiger partial charge >= 0.3 is 0 Å². The van der Waals surface area contributed by atoms with Gasteiger partial charge in [0.15, 0.2) is 0 Å². The van der Waals surface area contributed by atoms with E-state index in [1.165, 1.54) is 6.33 Å². The molecule has 1 aliphatic heterocycles. The number of aromatic nitrogens is 3. The number of nitrogens with one attached hydrogen (secondary N) is 2. The van der Waals surface area contributed by atoms with Gasteiger partial charge in [0.05, 0.1) is 12.0 Å². The van der Waals surface area contributed by atoms with Gasteiger partial charge in [-0.05, 0) is 31.0 Å². The Morgan fingerprint density at radius 3 is 2.71 bits per heavy atom. The van der Waals surface area contributed by atoms with E-state index in [0.29, 0.717) is 13.1 Å². The minimum atomic E-state index is -0.291. The maximum Gasteiger partial charge on any atom is 0.227 e. The molecule has 0 radical (unpaired) electrons. The first-order valence-corrected chi connectivity index (χ1v) is 7.56. The summed E-state index contributed by atoms with van der Waals surface area (Å²) in [5, 5.41) is 10.5. The molecule has 132 valence electrons. The zero-order valence-electron chi connectivity index (χ0n) is 13.6. The summed E-state index contributed by atoms with van der Waals surface area (Å²) < 4.78 is 1.78. The van der Waals surface area contributed by atoms with E-state index in [2.05, 4.69) is 26.8 Å². The Labute approximate surface area is 154 Å². The Morgan fingerprint density at radius 2 is 2.08 bits per heavy atom. The SMILES string of the molecule is CC1(C(=O)NCc2ccccc2Cn2cncn2)CCNC1.Cl.Cl. The molecule has 24 heavy (non-hydrogen) atoms.